The van der Waals surface area contributed by atoms with Crippen molar-refractivity contribution < 1.29 is 23.4 Å². The maximum Gasteiger partial charge on any atom is 0.229 e. The zero-order valence-corrected chi connectivity index (χ0v) is 22.6. The molecule has 0 aromatic heterocycles. The van der Waals surface area contributed by atoms with Gasteiger partial charge >= 0.3 is 0 Å². The first kappa shape index (κ1) is 28.2. The van der Waals surface area contributed by atoms with E-state index in [9.17, 15) is 18.6 Å². The molecule has 4 aromatic carbocycles. The van der Waals surface area contributed by atoms with Crippen molar-refractivity contribution in [3.05, 3.63) is 125 Å². The Balaban J connectivity index is 1.44. The Morgan fingerprint density at radius 2 is 1.49 bits per heavy atom. The van der Waals surface area contributed by atoms with Crippen LogP contribution in [0.25, 0.3) is 0 Å². The van der Waals surface area contributed by atoms with Gasteiger partial charge in [0.2, 0.25) is 10.0 Å². The molecule has 0 aliphatic rings. The summed E-state index contributed by atoms with van der Waals surface area (Å²) in [5.41, 5.74) is 4.08. The normalized spacial score (nSPS) is 13.0. The molecule has 204 valence electrons. The molecular weight excluding hydrogens is 512 g/mol. The number of phenolic OH excluding ortho intramolecular Hbond substituents is 1. The maximum atomic E-state index is 11.6. The van der Waals surface area contributed by atoms with Gasteiger partial charge in [-0.05, 0) is 59.4 Å². The molecule has 4 N–H and O–H groups in total. The van der Waals surface area contributed by atoms with Crippen molar-refractivity contribution in [1.82, 2.24) is 5.32 Å². The third kappa shape index (κ3) is 9.14. The van der Waals surface area contributed by atoms with Crippen molar-refractivity contribution in [3.8, 4) is 11.5 Å². The molecule has 0 fully saturated rings. The largest absolute Gasteiger partial charge is 0.506 e. The predicted molar refractivity (Wildman–Crippen MR) is 154 cm³/mol. The van der Waals surface area contributed by atoms with E-state index in [1.807, 2.05) is 72.8 Å². The Kier molecular flexibility index (Phi) is 9.59. The van der Waals surface area contributed by atoms with E-state index in [1.54, 1.807) is 6.07 Å². The van der Waals surface area contributed by atoms with Gasteiger partial charge in [-0.1, -0.05) is 78.9 Å². The topological polar surface area (TPSA) is 108 Å². The van der Waals surface area contributed by atoms with Crippen LogP contribution in [-0.2, 0) is 29.5 Å². The number of anilines is 1. The molecule has 4 rings (SSSR count). The van der Waals surface area contributed by atoms with Crippen LogP contribution >= 0.6 is 0 Å². The average molecular weight is 547 g/mol. The van der Waals surface area contributed by atoms with Gasteiger partial charge in [-0.15, -0.1) is 0 Å². The molecule has 8 heteroatoms. The summed E-state index contributed by atoms with van der Waals surface area (Å²) < 4.78 is 31.5. The van der Waals surface area contributed by atoms with Gasteiger partial charge in [0.15, 0.2) is 0 Å². The van der Waals surface area contributed by atoms with Crippen molar-refractivity contribution in [2.45, 2.75) is 31.6 Å². The lowest BCUT2D eigenvalue weighted by molar-refractivity contribution is 0.167. The number of nitrogens with one attached hydrogen (secondary N) is 2. The number of hydrogen-bond donors (Lipinski definition) is 4. The molecule has 0 saturated carbocycles. The number of benzene rings is 4. The molecule has 0 radical (unpaired) electrons. The Hall–Kier alpha value is -3.85. The zero-order valence-electron chi connectivity index (χ0n) is 21.8. The summed E-state index contributed by atoms with van der Waals surface area (Å²) >= 11 is 0. The lowest BCUT2D eigenvalue weighted by atomic mass is 9.98. The first-order valence-corrected chi connectivity index (χ1v) is 14.7. The maximum absolute atomic E-state index is 11.6. The van der Waals surface area contributed by atoms with Crippen LogP contribution < -0.4 is 14.8 Å². The number of aliphatic hydroxyl groups is 1. The molecule has 2 atom stereocenters. The van der Waals surface area contributed by atoms with Gasteiger partial charge in [-0.25, -0.2) is 8.42 Å². The summed E-state index contributed by atoms with van der Waals surface area (Å²) in [6, 6.07) is 32.7. The second kappa shape index (κ2) is 13.3. The van der Waals surface area contributed by atoms with Gasteiger partial charge in [-0.2, -0.15) is 0 Å². The summed E-state index contributed by atoms with van der Waals surface area (Å²) in [6.45, 7) is 0.783. The van der Waals surface area contributed by atoms with Crippen LogP contribution in [0.1, 0.15) is 28.3 Å². The number of rotatable bonds is 13. The smallest absolute Gasteiger partial charge is 0.229 e. The van der Waals surface area contributed by atoms with Gasteiger partial charge in [0.1, 0.15) is 18.1 Å². The van der Waals surface area contributed by atoms with E-state index >= 15 is 0 Å². The standard InChI is InChI=1S/C31H34N2O5S/c1-39(36,37)33-30-19-25(15-16-31(30)35)17-27(34)21-32-29(18-23-9-4-2-5-10-23)26-13-8-14-28(20-26)38-22-24-11-6-3-7-12-24/h2-16,19-20,27,29,32-35H,17-18,21-22H2,1H3. The number of aliphatic hydroxyl groups excluding tert-OH is 1. The second-order valence-corrected chi connectivity index (χ2v) is 11.3. The summed E-state index contributed by atoms with van der Waals surface area (Å²) in [6.07, 6.45) is 1.28. The fourth-order valence-electron chi connectivity index (χ4n) is 4.33. The van der Waals surface area contributed by atoms with Gasteiger partial charge in [0.25, 0.3) is 0 Å². The van der Waals surface area contributed by atoms with E-state index in [4.69, 9.17) is 4.74 Å². The fourth-order valence-corrected chi connectivity index (χ4v) is 4.90. The first-order chi connectivity index (χ1) is 18.7. The Bertz CT molecular complexity index is 1450. The number of hydrogen-bond acceptors (Lipinski definition) is 6. The van der Waals surface area contributed by atoms with Gasteiger partial charge < -0.3 is 20.3 Å². The summed E-state index contributed by atoms with van der Waals surface area (Å²) in [7, 11) is -3.55. The van der Waals surface area contributed by atoms with E-state index in [0.29, 0.717) is 18.7 Å². The van der Waals surface area contributed by atoms with E-state index in [1.165, 1.54) is 12.1 Å². The minimum absolute atomic E-state index is 0.0791. The SMILES string of the molecule is CS(=O)(=O)Nc1cc(CC(O)CNC(Cc2ccccc2)c2cccc(OCc3ccccc3)c2)ccc1O. The van der Waals surface area contributed by atoms with Gasteiger partial charge in [0.05, 0.1) is 18.0 Å². The summed E-state index contributed by atoms with van der Waals surface area (Å²) in [5, 5.41) is 24.3. The highest BCUT2D eigenvalue weighted by molar-refractivity contribution is 7.92. The van der Waals surface area contributed by atoms with Gasteiger partial charge in [-0.3, -0.25) is 4.72 Å². The van der Waals surface area contributed by atoms with E-state index < -0.39 is 16.1 Å². The Morgan fingerprint density at radius 1 is 0.795 bits per heavy atom. The molecule has 0 heterocycles. The molecule has 4 aromatic rings. The van der Waals surface area contributed by atoms with Crippen molar-refractivity contribution in [1.29, 1.82) is 0 Å². The van der Waals surface area contributed by atoms with Crippen LogP contribution in [0.5, 0.6) is 11.5 Å². The molecular formula is C31H34N2O5S. The van der Waals surface area contributed by atoms with Crippen molar-refractivity contribution >= 4 is 15.7 Å². The minimum atomic E-state index is -3.55. The highest BCUT2D eigenvalue weighted by Crippen LogP contribution is 2.26. The van der Waals surface area contributed by atoms with Crippen LogP contribution in [0, 0.1) is 0 Å². The lowest BCUT2D eigenvalue weighted by Gasteiger charge is -2.22. The number of ether oxygens (including phenoxy) is 1. The average Bonchev–Trinajstić information content (AvgIpc) is 2.92. The predicted octanol–water partition coefficient (Wildman–Crippen LogP) is 4.82. The molecule has 0 amide bonds. The third-order valence-electron chi connectivity index (χ3n) is 6.22. The molecule has 0 saturated heterocycles. The van der Waals surface area contributed by atoms with Crippen molar-refractivity contribution in [3.63, 3.8) is 0 Å². The van der Waals surface area contributed by atoms with Gasteiger partial charge in [0, 0.05) is 12.6 Å². The number of phenols is 1. The number of aromatic hydroxyl groups is 1. The highest BCUT2D eigenvalue weighted by Gasteiger charge is 2.16. The van der Waals surface area contributed by atoms with Crippen LogP contribution in [0.3, 0.4) is 0 Å². The lowest BCUT2D eigenvalue weighted by Crippen LogP contribution is -2.32. The summed E-state index contributed by atoms with van der Waals surface area (Å²) in [5.74, 6) is 0.598. The molecule has 2 unspecified atom stereocenters. The third-order valence-corrected chi connectivity index (χ3v) is 6.81. The highest BCUT2D eigenvalue weighted by atomic mass is 32.2. The number of sulfonamides is 1. The van der Waals surface area contributed by atoms with Crippen LogP contribution in [0.15, 0.2) is 103 Å². The first-order valence-electron chi connectivity index (χ1n) is 12.8. The molecule has 39 heavy (non-hydrogen) atoms. The summed E-state index contributed by atoms with van der Waals surface area (Å²) in [4.78, 5) is 0. The molecule has 0 aliphatic heterocycles. The molecule has 0 aliphatic carbocycles. The zero-order chi connectivity index (χ0) is 27.7. The fraction of sp³-hybridized carbons (Fsp3) is 0.226. The minimum Gasteiger partial charge on any atom is -0.506 e. The van der Waals surface area contributed by atoms with E-state index in [-0.39, 0.29) is 23.9 Å². The quantitative estimate of drug-likeness (QED) is 0.179. The monoisotopic (exact) mass is 546 g/mol. The van der Waals surface area contributed by atoms with Crippen LogP contribution in [-0.4, -0.2) is 37.5 Å². The molecule has 0 bridgehead atoms. The van der Waals surface area contributed by atoms with Crippen molar-refractivity contribution in [2.75, 3.05) is 17.5 Å². The Labute approximate surface area is 230 Å². The van der Waals surface area contributed by atoms with Crippen molar-refractivity contribution in [2.24, 2.45) is 0 Å². The van der Waals surface area contributed by atoms with E-state index in [0.717, 1.165) is 35.1 Å². The molecule has 0 spiro atoms. The van der Waals surface area contributed by atoms with E-state index in [2.05, 4.69) is 22.2 Å². The second-order valence-electron chi connectivity index (χ2n) is 9.58. The Morgan fingerprint density at radius 3 is 2.18 bits per heavy atom. The molecule has 7 nitrogen and oxygen atoms in total. The van der Waals surface area contributed by atoms with Crippen LogP contribution in [0.4, 0.5) is 5.69 Å². The van der Waals surface area contributed by atoms with Crippen LogP contribution in [0.2, 0.25) is 0 Å².